The lowest BCUT2D eigenvalue weighted by atomic mass is 9.93. The van der Waals surface area contributed by atoms with E-state index in [1.54, 1.807) is 4.90 Å². The summed E-state index contributed by atoms with van der Waals surface area (Å²) in [6.07, 6.45) is 6.53. The molecule has 206 valence electrons. The molecule has 3 aromatic carbocycles. The fourth-order valence-corrected chi connectivity index (χ4v) is 5.19. The molecule has 1 heterocycles. The van der Waals surface area contributed by atoms with Gasteiger partial charge in [0.2, 0.25) is 0 Å². The van der Waals surface area contributed by atoms with E-state index in [0.717, 1.165) is 39.7 Å². The molecule has 0 saturated heterocycles. The van der Waals surface area contributed by atoms with Crippen LogP contribution in [0.25, 0.3) is 5.57 Å². The maximum Gasteiger partial charge on any atom is 0.322 e. The van der Waals surface area contributed by atoms with Crippen molar-refractivity contribution < 1.29 is 9.90 Å². The Morgan fingerprint density at radius 1 is 1.02 bits per heavy atom. The highest BCUT2D eigenvalue weighted by Gasteiger charge is 2.20. The predicted molar refractivity (Wildman–Crippen MR) is 159 cm³/mol. The standard InChI is InChI=1S/C31H33BrN6O2/c1-21(23-11-15-27(32)16-12-23)33-31(40)38(28-17-13-25(14-18-28)24-5-3-2-4-6-24)20-22-7-9-26(10-8-22)29(39)19-30-34-36-37-35-30/h5,7-18,21,29,39H,2-4,6,19-20H2,1H3,(H,33,40)(H,34,35,36,37)/t21-,29-/m1/s1. The molecule has 9 heteroatoms. The Morgan fingerprint density at radius 3 is 2.40 bits per heavy atom. The highest BCUT2D eigenvalue weighted by molar-refractivity contribution is 9.10. The number of nitrogens with zero attached hydrogens (tertiary/aromatic N) is 4. The first kappa shape index (κ1) is 27.7. The second-order valence-electron chi connectivity index (χ2n) is 10.1. The summed E-state index contributed by atoms with van der Waals surface area (Å²) in [6.45, 7) is 2.36. The van der Waals surface area contributed by atoms with Gasteiger partial charge >= 0.3 is 6.03 Å². The minimum absolute atomic E-state index is 0.169. The van der Waals surface area contributed by atoms with E-state index in [0.29, 0.717) is 12.4 Å². The van der Waals surface area contributed by atoms with Crippen LogP contribution in [0.2, 0.25) is 0 Å². The average molecular weight is 602 g/mol. The number of allylic oxidation sites excluding steroid dienone is 2. The van der Waals surface area contributed by atoms with Crippen molar-refractivity contribution in [1.82, 2.24) is 25.9 Å². The van der Waals surface area contributed by atoms with Crippen molar-refractivity contribution in [2.24, 2.45) is 0 Å². The Kier molecular flexibility index (Phi) is 9.03. The van der Waals surface area contributed by atoms with Gasteiger partial charge < -0.3 is 10.4 Å². The molecule has 2 atom stereocenters. The molecule has 0 saturated carbocycles. The molecule has 5 rings (SSSR count). The van der Waals surface area contributed by atoms with Crippen molar-refractivity contribution in [3.63, 3.8) is 0 Å². The number of aromatic nitrogens is 4. The van der Waals surface area contributed by atoms with E-state index in [2.05, 4.69) is 60.1 Å². The molecule has 0 bridgehead atoms. The molecule has 1 aliphatic carbocycles. The summed E-state index contributed by atoms with van der Waals surface area (Å²) in [7, 11) is 0. The molecule has 0 fully saturated rings. The minimum Gasteiger partial charge on any atom is -0.388 e. The second-order valence-corrected chi connectivity index (χ2v) is 11.0. The molecule has 0 unspecified atom stereocenters. The third-order valence-electron chi connectivity index (χ3n) is 7.27. The van der Waals surface area contributed by atoms with Crippen molar-refractivity contribution >= 4 is 33.2 Å². The van der Waals surface area contributed by atoms with Crippen LogP contribution in [0.15, 0.2) is 83.3 Å². The van der Waals surface area contributed by atoms with E-state index >= 15 is 0 Å². The Hall–Kier alpha value is -3.82. The maximum absolute atomic E-state index is 13.7. The maximum atomic E-state index is 13.7. The molecular formula is C31H33BrN6O2. The summed E-state index contributed by atoms with van der Waals surface area (Å²) < 4.78 is 0.996. The van der Waals surface area contributed by atoms with Gasteiger partial charge in [0, 0.05) is 16.6 Å². The number of aliphatic hydroxyl groups is 1. The molecule has 0 radical (unpaired) electrons. The summed E-state index contributed by atoms with van der Waals surface area (Å²) >= 11 is 3.47. The zero-order chi connectivity index (χ0) is 27.9. The van der Waals surface area contributed by atoms with Crippen molar-refractivity contribution in [2.45, 2.75) is 57.7 Å². The smallest absolute Gasteiger partial charge is 0.322 e. The Balaban J connectivity index is 1.35. The summed E-state index contributed by atoms with van der Waals surface area (Å²) in [5.41, 5.74) is 6.14. The molecule has 0 spiro atoms. The zero-order valence-corrected chi connectivity index (χ0v) is 24.0. The van der Waals surface area contributed by atoms with Gasteiger partial charge in [0.15, 0.2) is 5.82 Å². The van der Waals surface area contributed by atoms with Crippen LogP contribution in [0.1, 0.15) is 72.8 Å². The fraction of sp³-hybridized carbons (Fsp3) is 0.290. The number of rotatable bonds is 9. The predicted octanol–water partition coefficient (Wildman–Crippen LogP) is 6.67. The lowest BCUT2D eigenvalue weighted by Gasteiger charge is -2.26. The van der Waals surface area contributed by atoms with E-state index in [-0.39, 0.29) is 18.5 Å². The third kappa shape index (κ3) is 7.03. The van der Waals surface area contributed by atoms with Crippen molar-refractivity contribution in [1.29, 1.82) is 0 Å². The number of carbonyl (C=O) groups excluding carboxylic acids is 1. The van der Waals surface area contributed by atoms with Gasteiger partial charge in [-0.05, 0) is 84.7 Å². The van der Waals surface area contributed by atoms with Crippen molar-refractivity contribution in [3.8, 4) is 0 Å². The van der Waals surface area contributed by atoms with E-state index in [9.17, 15) is 9.90 Å². The molecular weight excluding hydrogens is 568 g/mol. The summed E-state index contributed by atoms with van der Waals surface area (Å²) in [6, 6.07) is 23.5. The fourth-order valence-electron chi connectivity index (χ4n) is 4.92. The number of tetrazole rings is 1. The first-order valence-corrected chi connectivity index (χ1v) is 14.4. The summed E-state index contributed by atoms with van der Waals surface area (Å²) in [5, 5.41) is 27.5. The number of aliphatic hydroxyl groups excluding tert-OH is 1. The minimum atomic E-state index is -0.751. The van der Waals surface area contributed by atoms with Crippen molar-refractivity contribution in [3.05, 3.63) is 111 Å². The number of urea groups is 1. The van der Waals surface area contributed by atoms with Crippen LogP contribution in [0.4, 0.5) is 10.5 Å². The van der Waals surface area contributed by atoms with Gasteiger partial charge in [-0.15, -0.1) is 10.2 Å². The number of carbonyl (C=O) groups is 1. The first-order valence-electron chi connectivity index (χ1n) is 13.6. The van der Waals surface area contributed by atoms with Gasteiger partial charge in [-0.2, -0.15) is 5.21 Å². The molecule has 3 N–H and O–H groups in total. The number of amides is 2. The molecule has 0 aliphatic heterocycles. The van der Waals surface area contributed by atoms with Crippen LogP contribution in [0.5, 0.6) is 0 Å². The third-order valence-corrected chi connectivity index (χ3v) is 7.79. The normalized spacial score (nSPS) is 14.7. The van der Waals surface area contributed by atoms with E-state index in [1.165, 1.54) is 24.0 Å². The van der Waals surface area contributed by atoms with Gasteiger partial charge in [-0.3, -0.25) is 4.90 Å². The van der Waals surface area contributed by atoms with E-state index < -0.39 is 6.10 Å². The molecule has 4 aromatic rings. The Bertz CT molecular complexity index is 1420. The quantitative estimate of drug-likeness (QED) is 0.199. The Morgan fingerprint density at radius 2 is 1.75 bits per heavy atom. The lowest BCUT2D eigenvalue weighted by Crippen LogP contribution is -2.40. The molecule has 1 aromatic heterocycles. The summed E-state index contributed by atoms with van der Waals surface area (Å²) in [4.78, 5) is 15.4. The van der Waals surface area contributed by atoms with Crippen LogP contribution in [-0.4, -0.2) is 31.8 Å². The number of benzene rings is 3. The van der Waals surface area contributed by atoms with Gasteiger partial charge in [0.25, 0.3) is 0 Å². The highest BCUT2D eigenvalue weighted by Crippen LogP contribution is 2.29. The molecule has 40 heavy (non-hydrogen) atoms. The topological polar surface area (TPSA) is 107 Å². The number of hydrogen-bond donors (Lipinski definition) is 3. The van der Waals surface area contributed by atoms with Crippen LogP contribution < -0.4 is 10.2 Å². The number of anilines is 1. The number of hydrogen-bond acceptors (Lipinski definition) is 5. The van der Waals surface area contributed by atoms with Crippen LogP contribution in [-0.2, 0) is 13.0 Å². The SMILES string of the molecule is C[C@@H](NC(=O)N(Cc1ccc([C@H](O)Cc2nn[nH]n2)cc1)c1ccc(C2=CCCCC2)cc1)c1ccc(Br)cc1. The van der Waals surface area contributed by atoms with Crippen molar-refractivity contribution in [2.75, 3.05) is 4.90 Å². The molecule has 1 aliphatic rings. The molecule has 2 amide bonds. The second kappa shape index (κ2) is 13.0. The van der Waals surface area contributed by atoms with Gasteiger partial charge in [-0.25, -0.2) is 4.79 Å². The van der Waals surface area contributed by atoms with Crippen LogP contribution in [0.3, 0.4) is 0 Å². The van der Waals surface area contributed by atoms with Crippen LogP contribution >= 0.6 is 15.9 Å². The largest absolute Gasteiger partial charge is 0.388 e. The van der Waals surface area contributed by atoms with Gasteiger partial charge in [0.05, 0.1) is 18.7 Å². The zero-order valence-electron chi connectivity index (χ0n) is 22.4. The highest BCUT2D eigenvalue weighted by atomic mass is 79.9. The van der Waals surface area contributed by atoms with Crippen LogP contribution in [0, 0.1) is 0 Å². The van der Waals surface area contributed by atoms with Gasteiger partial charge in [0.1, 0.15) is 0 Å². The average Bonchev–Trinajstić information content (AvgIpc) is 3.50. The number of aromatic amines is 1. The van der Waals surface area contributed by atoms with E-state index in [1.807, 2.05) is 67.6 Å². The number of nitrogens with one attached hydrogen (secondary N) is 2. The number of halogens is 1. The first-order chi connectivity index (χ1) is 19.5. The Labute approximate surface area is 242 Å². The van der Waals surface area contributed by atoms with E-state index in [4.69, 9.17) is 0 Å². The molecule has 8 nitrogen and oxygen atoms in total. The number of H-pyrrole nitrogens is 1. The monoisotopic (exact) mass is 600 g/mol. The summed E-state index contributed by atoms with van der Waals surface area (Å²) in [5.74, 6) is 0.451. The lowest BCUT2D eigenvalue weighted by molar-refractivity contribution is 0.176. The van der Waals surface area contributed by atoms with Gasteiger partial charge in [-0.1, -0.05) is 75.8 Å².